The maximum absolute atomic E-state index is 14.9. The minimum absolute atomic E-state index is 0.0168. The van der Waals surface area contributed by atoms with Crippen molar-refractivity contribution in [3.8, 4) is 0 Å². The van der Waals surface area contributed by atoms with E-state index in [0.717, 1.165) is 42.9 Å². The zero-order chi connectivity index (χ0) is 43.0. The van der Waals surface area contributed by atoms with Gasteiger partial charge < -0.3 is 31.7 Å². The fourth-order valence-electron chi connectivity index (χ4n) is 8.21. The first-order chi connectivity index (χ1) is 28.7. The standard InChI is InChI=1S/C42H55N11O7/c1-42(2,60)34-24-45-50-53(34)30-23-33(39(57)46-31(36(54)37(43)55)15-9-10-19-44-41(59)48-35-18-20-51(3)49-35)52(25-30)40(58)32(21-26-11-5-4-6-12-26)47-38(56)29-17-16-27-13-7-8-14-28(27)22-29/h7-8,13-14,16-18,20,22,24,26,30-33,60H,4-6,9-12,15,19,21,23,25H2,1-3H3,(H2,43,55)(H,46,57)(H,47,56)(H2,44,48,49,59)/t30-,31?,32?,33-/m0/s1. The molecule has 2 unspecified atom stereocenters. The van der Waals surface area contributed by atoms with Gasteiger partial charge in [0, 0.05) is 44.4 Å². The molecule has 0 spiro atoms. The van der Waals surface area contributed by atoms with Crippen LogP contribution in [0.2, 0.25) is 0 Å². The SMILES string of the molecule is Cn1ccc(NC(=O)NCCCCC(NC(=O)[C@@H]2C[C@H](n3nncc3C(C)(C)O)CN2C(=O)C(CC2CCCCC2)NC(=O)c2ccc3ccccc3c2)C(=O)C(N)=O)n1. The molecule has 1 aliphatic heterocycles. The lowest BCUT2D eigenvalue weighted by molar-refractivity contribution is -0.142. The van der Waals surface area contributed by atoms with E-state index >= 15 is 0 Å². The number of nitrogens with zero attached hydrogens (tertiary/aromatic N) is 6. The van der Waals surface area contributed by atoms with Gasteiger partial charge in [-0.2, -0.15) is 5.10 Å². The summed E-state index contributed by atoms with van der Waals surface area (Å²) in [7, 11) is 1.72. The number of primary amides is 1. The molecule has 18 nitrogen and oxygen atoms in total. The molecule has 60 heavy (non-hydrogen) atoms. The van der Waals surface area contributed by atoms with Crippen LogP contribution >= 0.6 is 0 Å². The lowest BCUT2D eigenvalue weighted by Crippen LogP contribution is -2.56. The highest BCUT2D eigenvalue weighted by atomic mass is 16.3. The molecule has 2 fully saturated rings. The summed E-state index contributed by atoms with van der Waals surface area (Å²) in [5.41, 5.74) is 4.82. The van der Waals surface area contributed by atoms with E-state index < -0.39 is 65.2 Å². The van der Waals surface area contributed by atoms with Crippen LogP contribution in [0.1, 0.15) is 100 Å². The van der Waals surface area contributed by atoms with Gasteiger partial charge in [-0.3, -0.25) is 34.0 Å². The molecule has 7 N–H and O–H groups in total. The van der Waals surface area contributed by atoms with Crippen molar-refractivity contribution in [3.05, 3.63) is 72.2 Å². The van der Waals surface area contributed by atoms with Crippen LogP contribution in [0.15, 0.2) is 60.9 Å². The van der Waals surface area contributed by atoms with E-state index in [1.165, 1.54) is 15.8 Å². The zero-order valence-corrected chi connectivity index (χ0v) is 34.3. The molecule has 6 amide bonds. The second kappa shape index (κ2) is 19.3. The van der Waals surface area contributed by atoms with Gasteiger partial charge in [-0.1, -0.05) is 67.6 Å². The van der Waals surface area contributed by atoms with Crippen molar-refractivity contribution in [2.75, 3.05) is 18.4 Å². The molecule has 0 radical (unpaired) electrons. The number of aryl methyl sites for hydroxylation is 1. The molecule has 1 aliphatic carbocycles. The molecule has 6 rings (SSSR count). The third kappa shape index (κ3) is 10.9. The first-order valence-electron chi connectivity index (χ1n) is 20.6. The third-order valence-corrected chi connectivity index (χ3v) is 11.4. The van der Waals surface area contributed by atoms with Gasteiger partial charge in [0.1, 0.15) is 17.7 Å². The van der Waals surface area contributed by atoms with Crippen LogP contribution in [0, 0.1) is 5.92 Å². The second-order valence-corrected chi connectivity index (χ2v) is 16.4. The molecular weight excluding hydrogens is 771 g/mol. The van der Waals surface area contributed by atoms with E-state index in [1.54, 1.807) is 50.0 Å². The molecule has 18 heteroatoms. The van der Waals surface area contributed by atoms with Crippen molar-refractivity contribution < 1.29 is 33.9 Å². The number of amides is 6. The number of likely N-dealkylation sites (tertiary alicyclic amines) is 1. The van der Waals surface area contributed by atoms with E-state index in [9.17, 15) is 33.9 Å². The number of carbonyl (C=O) groups excluding carboxylic acids is 6. The van der Waals surface area contributed by atoms with E-state index in [4.69, 9.17) is 5.73 Å². The second-order valence-electron chi connectivity index (χ2n) is 16.4. The molecule has 2 aromatic heterocycles. The quantitative estimate of drug-likeness (QED) is 0.0671. The Hall–Kier alpha value is -6.17. The first-order valence-corrected chi connectivity index (χ1v) is 20.6. The van der Waals surface area contributed by atoms with E-state index in [1.807, 2.05) is 30.3 Å². The minimum Gasteiger partial charge on any atom is -0.384 e. The fraction of sp³-hybridized carbons (Fsp3) is 0.500. The number of unbranched alkanes of at least 4 members (excludes halogenated alkanes) is 1. The number of anilines is 1. The Morgan fingerprint density at radius 3 is 2.40 bits per heavy atom. The van der Waals surface area contributed by atoms with Crippen molar-refractivity contribution in [1.29, 1.82) is 0 Å². The largest absolute Gasteiger partial charge is 0.384 e. The Morgan fingerprint density at radius 1 is 0.950 bits per heavy atom. The van der Waals surface area contributed by atoms with Crippen molar-refractivity contribution in [2.24, 2.45) is 18.7 Å². The number of ketones is 1. The Labute approximate surface area is 348 Å². The number of aliphatic hydroxyl groups is 1. The van der Waals surface area contributed by atoms with Gasteiger partial charge in [0.15, 0.2) is 5.82 Å². The number of nitrogens with one attached hydrogen (secondary N) is 4. The summed E-state index contributed by atoms with van der Waals surface area (Å²) in [5.74, 6) is -3.29. The third-order valence-electron chi connectivity index (χ3n) is 11.4. The monoisotopic (exact) mass is 825 g/mol. The molecule has 2 aromatic carbocycles. The summed E-state index contributed by atoms with van der Waals surface area (Å²) < 4.78 is 3.05. The number of fused-ring (bicyclic) bond motifs is 1. The number of Topliss-reactive ketones (excluding diaryl/α,β-unsaturated/α-hetero) is 1. The maximum atomic E-state index is 14.9. The van der Waals surface area contributed by atoms with Crippen LogP contribution in [-0.2, 0) is 31.8 Å². The predicted octanol–water partition coefficient (Wildman–Crippen LogP) is 2.83. The summed E-state index contributed by atoms with van der Waals surface area (Å²) in [6.45, 7) is 3.37. The number of hydrogen-bond donors (Lipinski definition) is 6. The summed E-state index contributed by atoms with van der Waals surface area (Å²) >= 11 is 0. The van der Waals surface area contributed by atoms with Crippen molar-refractivity contribution in [2.45, 2.75) is 108 Å². The average Bonchev–Trinajstić information content (AvgIpc) is 4.00. The topological polar surface area (TPSA) is 249 Å². The molecule has 2 aliphatic rings. The number of hydrogen-bond acceptors (Lipinski definition) is 10. The predicted molar refractivity (Wildman–Crippen MR) is 221 cm³/mol. The van der Waals surface area contributed by atoms with Gasteiger partial charge in [0.25, 0.3) is 11.8 Å². The number of aromatic nitrogens is 5. The van der Waals surface area contributed by atoms with Crippen molar-refractivity contribution in [1.82, 2.24) is 45.6 Å². The Morgan fingerprint density at radius 2 is 1.70 bits per heavy atom. The summed E-state index contributed by atoms with van der Waals surface area (Å²) in [5, 5.41) is 36.1. The smallest absolute Gasteiger partial charge is 0.320 e. The van der Waals surface area contributed by atoms with Crippen molar-refractivity contribution >= 4 is 52.0 Å². The van der Waals surface area contributed by atoms with Gasteiger partial charge in [-0.25, -0.2) is 9.48 Å². The number of urea groups is 1. The maximum Gasteiger partial charge on any atom is 0.320 e. The van der Waals surface area contributed by atoms with Crippen LogP contribution in [-0.4, -0.2) is 101 Å². The van der Waals surface area contributed by atoms with Crippen LogP contribution in [0.25, 0.3) is 10.8 Å². The number of benzene rings is 2. The van der Waals surface area contributed by atoms with E-state index in [-0.39, 0.29) is 31.8 Å². The Kier molecular flexibility index (Phi) is 13.9. The molecular formula is C42H55N11O7. The fourth-order valence-corrected chi connectivity index (χ4v) is 8.21. The number of nitrogens with two attached hydrogens (primary N) is 1. The van der Waals surface area contributed by atoms with Gasteiger partial charge in [0.05, 0.1) is 24.0 Å². The van der Waals surface area contributed by atoms with E-state index in [2.05, 4.69) is 36.7 Å². The molecule has 4 atom stereocenters. The highest BCUT2D eigenvalue weighted by Crippen LogP contribution is 2.34. The summed E-state index contributed by atoms with van der Waals surface area (Å²) in [6.07, 6.45) is 9.17. The van der Waals surface area contributed by atoms with Crippen LogP contribution in [0.4, 0.5) is 10.6 Å². The lowest BCUT2D eigenvalue weighted by atomic mass is 9.84. The zero-order valence-electron chi connectivity index (χ0n) is 34.3. The minimum atomic E-state index is -1.36. The summed E-state index contributed by atoms with van der Waals surface area (Å²) in [4.78, 5) is 82.2. The Balaban J connectivity index is 1.21. The Bertz CT molecular complexity index is 2190. The normalized spacial score (nSPS) is 18.1. The molecule has 0 bridgehead atoms. The molecule has 3 heterocycles. The van der Waals surface area contributed by atoms with Crippen LogP contribution in [0.3, 0.4) is 0 Å². The highest BCUT2D eigenvalue weighted by molar-refractivity contribution is 6.37. The van der Waals surface area contributed by atoms with Gasteiger partial charge in [-0.05, 0) is 68.4 Å². The number of carbonyl (C=O) groups is 6. The van der Waals surface area contributed by atoms with E-state index in [0.29, 0.717) is 36.3 Å². The summed E-state index contributed by atoms with van der Waals surface area (Å²) in [6, 6.07) is 10.1. The molecule has 1 saturated heterocycles. The van der Waals surface area contributed by atoms with Crippen molar-refractivity contribution in [3.63, 3.8) is 0 Å². The van der Waals surface area contributed by atoms with Gasteiger partial charge in [0.2, 0.25) is 17.6 Å². The van der Waals surface area contributed by atoms with Gasteiger partial charge >= 0.3 is 6.03 Å². The molecule has 1 saturated carbocycles. The molecule has 4 aromatic rings. The molecule has 320 valence electrons. The highest BCUT2D eigenvalue weighted by Gasteiger charge is 2.45. The lowest BCUT2D eigenvalue weighted by Gasteiger charge is -2.32. The van der Waals surface area contributed by atoms with Gasteiger partial charge in [-0.15, -0.1) is 5.10 Å². The van der Waals surface area contributed by atoms with Crippen LogP contribution < -0.4 is 27.0 Å². The number of rotatable bonds is 17. The average molecular weight is 826 g/mol. The van der Waals surface area contributed by atoms with Crippen LogP contribution in [0.5, 0.6) is 0 Å². The first kappa shape index (κ1) is 43.4.